The lowest BCUT2D eigenvalue weighted by atomic mass is 10.2. The van der Waals surface area contributed by atoms with Crippen molar-refractivity contribution in [2.24, 2.45) is 0 Å². The van der Waals surface area contributed by atoms with Gasteiger partial charge in [-0.25, -0.2) is 8.78 Å². The van der Waals surface area contributed by atoms with E-state index in [1.807, 2.05) is 29.5 Å². The molecule has 0 saturated carbocycles. The van der Waals surface area contributed by atoms with Crippen LogP contribution < -0.4 is 10.9 Å². The van der Waals surface area contributed by atoms with E-state index in [2.05, 4.69) is 10.9 Å². The van der Waals surface area contributed by atoms with Gasteiger partial charge >= 0.3 is 0 Å². The number of rotatable bonds is 3. The zero-order valence-corrected chi connectivity index (χ0v) is 11.8. The Kier molecular flexibility index (Phi) is 4.00. The fourth-order valence-corrected chi connectivity index (χ4v) is 1.91. The first kappa shape index (κ1) is 13.1. The predicted octanol–water partition coefficient (Wildman–Crippen LogP) is 4.32. The average Bonchev–Trinajstić information content (AvgIpc) is 2.32. The minimum atomic E-state index is -0.390. The first-order chi connectivity index (χ1) is 8.56. The number of hydrazine groups is 1. The van der Waals surface area contributed by atoms with Gasteiger partial charge in [0.1, 0.15) is 11.6 Å². The number of anilines is 2. The van der Waals surface area contributed by atoms with Crippen molar-refractivity contribution in [1.82, 2.24) is 0 Å². The highest BCUT2D eigenvalue weighted by molar-refractivity contribution is 14.1. The molecule has 2 nitrogen and oxygen atoms in total. The van der Waals surface area contributed by atoms with Gasteiger partial charge in [-0.2, -0.15) is 0 Å². The third kappa shape index (κ3) is 3.10. The van der Waals surface area contributed by atoms with Crippen LogP contribution in [0.4, 0.5) is 20.2 Å². The summed E-state index contributed by atoms with van der Waals surface area (Å²) >= 11 is 2.02. The topological polar surface area (TPSA) is 24.1 Å². The molecule has 0 aliphatic heterocycles. The number of hydrogen-bond donors (Lipinski definition) is 2. The molecule has 0 saturated heterocycles. The molecule has 0 aliphatic carbocycles. The molecular weight excluding hydrogens is 349 g/mol. The quantitative estimate of drug-likeness (QED) is 0.630. The van der Waals surface area contributed by atoms with E-state index in [1.54, 1.807) is 24.3 Å². The van der Waals surface area contributed by atoms with E-state index < -0.39 is 0 Å². The molecule has 2 rings (SSSR count). The van der Waals surface area contributed by atoms with Gasteiger partial charge in [0.2, 0.25) is 0 Å². The molecule has 0 aliphatic rings. The van der Waals surface area contributed by atoms with Crippen LogP contribution in [0.1, 0.15) is 5.56 Å². The second kappa shape index (κ2) is 5.51. The number of aryl methyl sites for hydroxylation is 1. The van der Waals surface area contributed by atoms with E-state index >= 15 is 0 Å². The standard InChI is InChI=1S/C13H11F2IN2/c1-8-2-4-10(14)13(6-8)18-17-12-5-3-9(16)7-11(12)15/h2-7,17-18H,1H3. The Hall–Kier alpha value is -1.37. The number of nitrogens with one attached hydrogen (secondary N) is 2. The van der Waals surface area contributed by atoms with Gasteiger partial charge in [0, 0.05) is 3.57 Å². The van der Waals surface area contributed by atoms with Crippen LogP contribution in [-0.4, -0.2) is 0 Å². The van der Waals surface area contributed by atoms with Gasteiger partial charge in [-0.15, -0.1) is 0 Å². The summed E-state index contributed by atoms with van der Waals surface area (Å²) in [6.07, 6.45) is 0. The molecule has 2 aromatic rings. The van der Waals surface area contributed by atoms with Gasteiger partial charge in [0.25, 0.3) is 0 Å². The lowest BCUT2D eigenvalue weighted by molar-refractivity contribution is 0.626. The van der Waals surface area contributed by atoms with Crippen molar-refractivity contribution in [1.29, 1.82) is 0 Å². The van der Waals surface area contributed by atoms with Crippen molar-refractivity contribution in [2.45, 2.75) is 6.92 Å². The minimum Gasteiger partial charge on any atom is -0.298 e. The molecule has 0 aromatic heterocycles. The van der Waals surface area contributed by atoms with Gasteiger partial charge in [0.15, 0.2) is 0 Å². The molecule has 0 unspecified atom stereocenters. The van der Waals surface area contributed by atoms with Crippen molar-refractivity contribution in [3.63, 3.8) is 0 Å². The first-order valence-corrected chi connectivity index (χ1v) is 6.37. The van der Waals surface area contributed by atoms with Gasteiger partial charge < -0.3 is 0 Å². The Morgan fingerprint density at radius 1 is 0.889 bits per heavy atom. The summed E-state index contributed by atoms with van der Waals surface area (Å²) in [5.74, 6) is -0.776. The third-order valence-corrected chi connectivity index (χ3v) is 3.06. The van der Waals surface area contributed by atoms with Crippen LogP contribution in [0, 0.1) is 22.1 Å². The molecule has 0 spiro atoms. The average molecular weight is 360 g/mol. The summed E-state index contributed by atoms with van der Waals surface area (Å²) in [5.41, 5.74) is 6.80. The van der Waals surface area contributed by atoms with Gasteiger partial charge in [-0.1, -0.05) is 6.07 Å². The van der Waals surface area contributed by atoms with Crippen LogP contribution in [-0.2, 0) is 0 Å². The fraction of sp³-hybridized carbons (Fsp3) is 0.0769. The van der Waals surface area contributed by atoms with Crippen LogP contribution in [0.25, 0.3) is 0 Å². The van der Waals surface area contributed by atoms with E-state index in [9.17, 15) is 8.78 Å². The molecule has 5 heteroatoms. The van der Waals surface area contributed by atoms with Gasteiger partial charge in [-0.05, 0) is 65.4 Å². The summed E-state index contributed by atoms with van der Waals surface area (Å²) in [4.78, 5) is 0. The van der Waals surface area contributed by atoms with Crippen LogP contribution in [0.15, 0.2) is 36.4 Å². The van der Waals surface area contributed by atoms with E-state index in [0.717, 1.165) is 9.13 Å². The predicted molar refractivity (Wildman–Crippen MR) is 77.5 cm³/mol. The maximum absolute atomic E-state index is 13.5. The second-order valence-corrected chi connectivity index (χ2v) is 5.10. The van der Waals surface area contributed by atoms with Crippen molar-refractivity contribution in [3.8, 4) is 0 Å². The molecule has 18 heavy (non-hydrogen) atoms. The van der Waals surface area contributed by atoms with Crippen molar-refractivity contribution < 1.29 is 8.78 Å². The molecular formula is C13H11F2IN2. The summed E-state index contributed by atoms with van der Waals surface area (Å²) < 4.78 is 27.8. The highest BCUT2D eigenvalue weighted by Crippen LogP contribution is 2.19. The maximum Gasteiger partial charge on any atom is 0.149 e. The molecule has 0 amide bonds. The molecule has 0 bridgehead atoms. The van der Waals surface area contributed by atoms with Crippen molar-refractivity contribution in [2.75, 3.05) is 10.9 Å². The Labute approximate surface area is 118 Å². The lowest BCUT2D eigenvalue weighted by Crippen LogP contribution is -2.11. The lowest BCUT2D eigenvalue weighted by Gasteiger charge is -2.12. The van der Waals surface area contributed by atoms with Crippen molar-refractivity contribution in [3.05, 3.63) is 57.2 Å². The molecule has 0 heterocycles. The van der Waals surface area contributed by atoms with Crippen LogP contribution >= 0.6 is 22.6 Å². The SMILES string of the molecule is Cc1ccc(F)c(NNc2ccc(I)cc2F)c1. The third-order valence-electron chi connectivity index (χ3n) is 2.38. The summed E-state index contributed by atoms with van der Waals surface area (Å²) in [7, 11) is 0. The van der Waals surface area contributed by atoms with Crippen LogP contribution in [0.2, 0.25) is 0 Å². The molecule has 2 N–H and O–H groups in total. The summed E-state index contributed by atoms with van der Waals surface area (Å²) in [6.45, 7) is 1.86. The monoisotopic (exact) mass is 360 g/mol. The van der Waals surface area contributed by atoms with Crippen LogP contribution in [0.5, 0.6) is 0 Å². The number of halogens is 3. The Morgan fingerprint density at radius 2 is 1.61 bits per heavy atom. The van der Waals surface area contributed by atoms with Gasteiger partial charge in [-0.3, -0.25) is 10.9 Å². The normalized spacial score (nSPS) is 10.2. The highest BCUT2D eigenvalue weighted by atomic mass is 127. The summed E-state index contributed by atoms with van der Waals surface area (Å²) in [5, 5.41) is 0. The molecule has 2 aromatic carbocycles. The molecule has 0 fully saturated rings. The van der Waals surface area contributed by atoms with Crippen molar-refractivity contribution >= 4 is 34.0 Å². The zero-order valence-electron chi connectivity index (χ0n) is 9.60. The number of benzene rings is 2. The molecule has 0 radical (unpaired) electrons. The maximum atomic E-state index is 13.5. The Balaban J connectivity index is 2.13. The second-order valence-electron chi connectivity index (χ2n) is 3.86. The smallest absolute Gasteiger partial charge is 0.149 e. The van der Waals surface area contributed by atoms with Gasteiger partial charge in [0.05, 0.1) is 11.4 Å². The van der Waals surface area contributed by atoms with E-state index in [-0.39, 0.29) is 23.0 Å². The Morgan fingerprint density at radius 3 is 2.33 bits per heavy atom. The Bertz CT molecular complexity index is 573. The summed E-state index contributed by atoms with van der Waals surface area (Å²) in [6, 6.07) is 9.44. The first-order valence-electron chi connectivity index (χ1n) is 5.29. The minimum absolute atomic E-state index is 0.274. The zero-order chi connectivity index (χ0) is 13.1. The van der Waals surface area contributed by atoms with E-state index in [0.29, 0.717) is 0 Å². The highest BCUT2D eigenvalue weighted by Gasteiger charge is 2.04. The molecule has 0 atom stereocenters. The molecule has 94 valence electrons. The number of hydrogen-bond acceptors (Lipinski definition) is 2. The fourth-order valence-electron chi connectivity index (χ4n) is 1.46. The largest absolute Gasteiger partial charge is 0.298 e. The van der Waals surface area contributed by atoms with E-state index in [4.69, 9.17) is 0 Å². The van der Waals surface area contributed by atoms with Crippen LogP contribution in [0.3, 0.4) is 0 Å². The van der Waals surface area contributed by atoms with E-state index in [1.165, 1.54) is 12.1 Å².